The first kappa shape index (κ1) is 12.3. The van der Waals surface area contributed by atoms with E-state index >= 15 is 0 Å². The molecule has 98 valence electrons. The lowest BCUT2D eigenvalue weighted by molar-refractivity contribution is 0.669. The summed E-state index contributed by atoms with van der Waals surface area (Å²) in [5.74, 6) is 0. The smallest absolute Gasteiger partial charge is 0.0673 e. The van der Waals surface area contributed by atoms with Crippen LogP contribution in [0.15, 0.2) is 36.5 Å². The van der Waals surface area contributed by atoms with E-state index in [1.54, 1.807) is 0 Å². The van der Waals surface area contributed by atoms with Gasteiger partial charge in [0.1, 0.15) is 0 Å². The quantitative estimate of drug-likeness (QED) is 0.714. The molecule has 4 heteroatoms. The number of aryl methyl sites for hydroxylation is 2. The molecule has 2 heterocycles. The van der Waals surface area contributed by atoms with Crippen molar-refractivity contribution in [3.05, 3.63) is 52.9 Å². The maximum Gasteiger partial charge on any atom is 0.0673 e. The van der Waals surface area contributed by atoms with Crippen LogP contribution in [0.5, 0.6) is 0 Å². The van der Waals surface area contributed by atoms with Crippen molar-refractivity contribution in [2.75, 3.05) is 0 Å². The van der Waals surface area contributed by atoms with Gasteiger partial charge < -0.3 is 4.57 Å². The van der Waals surface area contributed by atoms with Crippen LogP contribution in [-0.4, -0.2) is 14.3 Å². The fourth-order valence-corrected chi connectivity index (χ4v) is 2.70. The third-order valence-electron chi connectivity index (χ3n) is 3.46. The van der Waals surface area contributed by atoms with E-state index in [1.807, 2.05) is 23.9 Å². The molecule has 3 nitrogen and oxygen atoms in total. The highest BCUT2D eigenvalue weighted by Gasteiger charge is 2.08. The predicted octanol–water partition coefficient (Wildman–Crippen LogP) is 3.64. The SMILES string of the molecule is CCc1cc(Cn2ccc3cccc(Cl)c32)n(C)n1. The zero-order valence-corrected chi connectivity index (χ0v) is 11.9. The van der Waals surface area contributed by atoms with E-state index in [0.29, 0.717) is 0 Å². The zero-order chi connectivity index (χ0) is 13.4. The number of para-hydroxylation sites is 1. The maximum atomic E-state index is 6.30. The van der Waals surface area contributed by atoms with Gasteiger partial charge in [-0.1, -0.05) is 30.7 Å². The predicted molar refractivity (Wildman–Crippen MR) is 78.6 cm³/mol. The van der Waals surface area contributed by atoms with E-state index in [-0.39, 0.29) is 0 Å². The van der Waals surface area contributed by atoms with Gasteiger partial charge in [0.2, 0.25) is 0 Å². The first-order valence-corrected chi connectivity index (χ1v) is 6.82. The summed E-state index contributed by atoms with van der Waals surface area (Å²) in [6.07, 6.45) is 3.04. The monoisotopic (exact) mass is 273 g/mol. The van der Waals surface area contributed by atoms with Gasteiger partial charge in [-0.2, -0.15) is 5.10 Å². The highest BCUT2D eigenvalue weighted by Crippen LogP contribution is 2.25. The van der Waals surface area contributed by atoms with Crippen LogP contribution in [0.3, 0.4) is 0 Å². The van der Waals surface area contributed by atoms with Crippen LogP contribution < -0.4 is 0 Å². The molecule has 2 aromatic heterocycles. The summed E-state index contributed by atoms with van der Waals surface area (Å²) in [7, 11) is 1.99. The molecule has 1 aromatic carbocycles. The van der Waals surface area contributed by atoms with Crippen molar-refractivity contribution in [2.24, 2.45) is 7.05 Å². The van der Waals surface area contributed by atoms with Gasteiger partial charge in [-0.3, -0.25) is 4.68 Å². The van der Waals surface area contributed by atoms with Crippen LogP contribution in [0.25, 0.3) is 10.9 Å². The first-order chi connectivity index (χ1) is 9.19. The van der Waals surface area contributed by atoms with Gasteiger partial charge in [0.15, 0.2) is 0 Å². The Morgan fingerprint density at radius 2 is 2.11 bits per heavy atom. The average molecular weight is 274 g/mol. The van der Waals surface area contributed by atoms with Crippen LogP contribution in [0.4, 0.5) is 0 Å². The van der Waals surface area contributed by atoms with E-state index in [2.05, 4.69) is 41.0 Å². The number of nitrogens with zero attached hydrogens (tertiary/aromatic N) is 3. The molecule has 0 bridgehead atoms. The number of hydrogen-bond donors (Lipinski definition) is 0. The normalized spacial score (nSPS) is 11.3. The fraction of sp³-hybridized carbons (Fsp3) is 0.267. The molecule has 0 aliphatic rings. The molecule has 0 unspecified atom stereocenters. The Kier molecular flexibility index (Phi) is 3.07. The van der Waals surface area contributed by atoms with Crippen molar-refractivity contribution < 1.29 is 0 Å². The van der Waals surface area contributed by atoms with Crippen LogP contribution >= 0.6 is 11.6 Å². The van der Waals surface area contributed by atoms with Crippen LogP contribution in [-0.2, 0) is 20.0 Å². The summed E-state index contributed by atoms with van der Waals surface area (Å²) in [5.41, 5.74) is 3.40. The Labute approximate surface area is 117 Å². The summed E-state index contributed by atoms with van der Waals surface area (Å²) in [5, 5.41) is 6.45. The largest absolute Gasteiger partial charge is 0.340 e. The molecular formula is C15H16ClN3. The third-order valence-corrected chi connectivity index (χ3v) is 3.77. The van der Waals surface area contributed by atoms with Crippen molar-refractivity contribution in [3.8, 4) is 0 Å². The molecule has 0 saturated heterocycles. The number of hydrogen-bond acceptors (Lipinski definition) is 1. The van der Waals surface area contributed by atoms with Gasteiger partial charge in [0, 0.05) is 18.6 Å². The second kappa shape index (κ2) is 4.74. The highest BCUT2D eigenvalue weighted by atomic mass is 35.5. The van der Waals surface area contributed by atoms with Gasteiger partial charge in [-0.05, 0) is 24.6 Å². The van der Waals surface area contributed by atoms with Gasteiger partial charge in [0.25, 0.3) is 0 Å². The number of benzene rings is 1. The second-order valence-electron chi connectivity index (χ2n) is 4.73. The summed E-state index contributed by atoms with van der Waals surface area (Å²) < 4.78 is 4.12. The third kappa shape index (κ3) is 2.15. The number of halogens is 1. The van der Waals surface area contributed by atoms with Crippen LogP contribution in [0, 0.1) is 0 Å². The second-order valence-corrected chi connectivity index (χ2v) is 5.13. The van der Waals surface area contributed by atoms with E-state index in [4.69, 9.17) is 11.6 Å². The number of aromatic nitrogens is 3. The van der Waals surface area contributed by atoms with Crippen molar-refractivity contribution in [2.45, 2.75) is 19.9 Å². The van der Waals surface area contributed by atoms with E-state index < -0.39 is 0 Å². The van der Waals surface area contributed by atoms with Crippen molar-refractivity contribution >= 4 is 22.5 Å². The lowest BCUT2D eigenvalue weighted by Crippen LogP contribution is -2.04. The minimum Gasteiger partial charge on any atom is -0.340 e. The topological polar surface area (TPSA) is 22.8 Å². The average Bonchev–Trinajstić information content (AvgIpc) is 2.96. The maximum absolute atomic E-state index is 6.30. The molecule has 0 radical (unpaired) electrons. The molecule has 0 aliphatic heterocycles. The molecule has 0 atom stereocenters. The Hall–Kier alpha value is -1.74. The summed E-state index contributed by atoms with van der Waals surface area (Å²) in [6.45, 7) is 2.91. The van der Waals surface area contributed by atoms with Gasteiger partial charge in [-0.15, -0.1) is 0 Å². The Balaban J connectivity index is 2.03. The van der Waals surface area contributed by atoms with Crippen molar-refractivity contribution in [1.29, 1.82) is 0 Å². The van der Waals surface area contributed by atoms with E-state index in [1.165, 1.54) is 11.1 Å². The molecule has 0 saturated carbocycles. The summed E-state index contributed by atoms with van der Waals surface area (Å²) in [4.78, 5) is 0. The first-order valence-electron chi connectivity index (χ1n) is 6.44. The van der Waals surface area contributed by atoms with Crippen molar-refractivity contribution in [1.82, 2.24) is 14.3 Å². The standard InChI is InChI=1S/C15H16ClN3/c1-3-12-9-13(18(2)17-12)10-19-8-7-11-5-4-6-14(16)15(11)19/h4-9H,3,10H2,1-2H3. The number of fused-ring (bicyclic) bond motifs is 1. The Bertz CT molecular complexity index is 724. The summed E-state index contributed by atoms with van der Waals surface area (Å²) in [6, 6.07) is 10.2. The van der Waals surface area contributed by atoms with Gasteiger partial charge in [-0.25, -0.2) is 0 Å². The molecule has 0 fully saturated rings. The lowest BCUT2D eigenvalue weighted by atomic mass is 10.2. The summed E-state index contributed by atoms with van der Waals surface area (Å²) >= 11 is 6.30. The van der Waals surface area contributed by atoms with Crippen LogP contribution in [0.1, 0.15) is 18.3 Å². The van der Waals surface area contributed by atoms with Gasteiger partial charge >= 0.3 is 0 Å². The Morgan fingerprint density at radius 1 is 1.26 bits per heavy atom. The van der Waals surface area contributed by atoms with Gasteiger partial charge in [0.05, 0.1) is 28.5 Å². The lowest BCUT2D eigenvalue weighted by Gasteiger charge is -2.07. The molecule has 3 rings (SSSR count). The molecular weight excluding hydrogens is 258 g/mol. The molecule has 19 heavy (non-hydrogen) atoms. The number of rotatable bonds is 3. The van der Waals surface area contributed by atoms with Crippen molar-refractivity contribution in [3.63, 3.8) is 0 Å². The molecule has 3 aromatic rings. The van der Waals surface area contributed by atoms with E-state index in [9.17, 15) is 0 Å². The zero-order valence-electron chi connectivity index (χ0n) is 11.1. The minimum atomic E-state index is 0.788. The van der Waals surface area contributed by atoms with Crippen LogP contribution in [0.2, 0.25) is 5.02 Å². The molecule has 0 amide bonds. The molecule has 0 N–H and O–H groups in total. The minimum absolute atomic E-state index is 0.788. The molecule has 0 aliphatic carbocycles. The molecule has 0 spiro atoms. The highest BCUT2D eigenvalue weighted by molar-refractivity contribution is 6.35. The van der Waals surface area contributed by atoms with E-state index in [0.717, 1.165) is 29.2 Å². The Morgan fingerprint density at radius 3 is 2.84 bits per heavy atom. The fourth-order valence-electron chi connectivity index (χ4n) is 2.41.